The average molecular weight is 337 g/mol. The molecule has 1 N–H and O–H groups in total. The Morgan fingerprint density at radius 1 is 1.17 bits per heavy atom. The highest BCUT2D eigenvalue weighted by Crippen LogP contribution is 2.23. The van der Waals surface area contributed by atoms with Crippen LogP contribution in [0.4, 0.5) is 0 Å². The van der Waals surface area contributed by atoms with Gasteiger partial charge in [0.15, 0.2) is 0 Å². The van der Waals surface area contributed by atoms with Crippen molar-refractivity contribution in [3.8, 4) is 11.3 Å². The lowest BCUT2D eigenvalue weighted by Gasteiger charge is -2.08. The number of nitrogens with one attached hydrogen (secondary N) is 1. The van der Waals surface area contributed by atoms with Gasteiger partial charge in [-0.3, -0.25) is 9.78 Å². The third-order valence-corrected chi connectivity index (χ3v) is 4.32. The zero-order valence-corrected chi connectivity index (χ0v) is 14.5. The summed E-state index contributed by atoms with van der Waals surface area (Å²) in [7, 11) is 0. The molecule has 5 heteroatoms. The van der Waals surface area contributed by atoms with Gasteiger partial charge in [0.2, 0.25) is 0 Å². The van der Waals surface area contributed by atoms with E-state index in [1.807, 2.05) is 61.7 Å². The number of thiazole rings is 1. The second-order valence-electron chi connectivity index (χ2n) is 5.83. The fourth-order valence-corrected chi connectivity index (χ4v) is 3.14. The number of nitrogens with zero attached hydrogens (tertiary/aromatic N) is 2. The van der Waals surface area contributed by atoms with Crippen molar-refractivity contribution in [3.05, 3.63) is 70.3 Å². The van der Waals surface area contributed by atoms with Crippen molar-refractivity contribution in [1.29, 1.82) is 0 Å². The molecule has 2 aromatic heterocycles. The highest BCUT2D eigenvalue weighted by molar-refractivity contribution is 7.10. The number of hydrogen-bond acceptors (Lipinski definition) is 4. The molecule has 0 aliphatic rings. The van der Waals surface area contributed by atoms with E-state index >= 15 is 0 Å². The first-order chi connectivity index (χ1) is 11.6. The fraction of sp³-hybridized carbons (Fsp3) is 0.211. The molecule has 122 valence electrons. The molecular formula is C19H19N3OS. The molecule has 0 saturated carbocycles. The zero-order chi connectivity index (χ0) is 16.9. The van der Waals surface area contributed by atoms with Crippen LogP contribution in [0, 0.1) is 0 Å². The maximum absolute atomic E-state index is 12.0. The molecule has 24 heavy (non-hydrogen) atoms. The molecule has 0 atom stereocenters. The Labute approximate surface area is 145 Å². The van der Waals surface area contributed by atoms with Crippen molar-refractivity contribution in [1.82, 2.24) is 15.3 Å². The summed E-state index contributed by atoms with van der Waals surface area (Å²) in [4.78, 5) is 21.0. The van der Waals surface area contributed by atoms with Crippen molar-refractivity contribution in [2.24, 2.45) is 0 Å². The number of carbonyl (C=O) groups is 1. The maximum Gasteiger partial charge on any atom is 0.251 e. The molecule has 2 heterocycles. The minimum Gasteiger partial charge on any atom is -0.350 e. The van der Waals surface area contributed by atoms with Crippen LogP contribution in [0.25, 0.3) is 11.3 Å². The van der Waals surface area contributed by atoms with Gasteiger partial charge < -0.3 is 5.32 Å². The Hall–Kier alpha value is -2.53. The molecule has 0 fully saturated rings. The lowest BCUT2D eigenvalue weighted by molar-refractivity contribution is 0.0943. The van der Waals surface area contributed by atoms with Crippen molar-refractivity contribution >= 4 is 17.2 Å². The summed E-state index contributed by atoms with van der Waals surface area (Å²) < 4.78 is 0. The molecule has 0 unspecified atom stereocenters. The Morgan fingerprint density at radius 3 is 2.62 bits per heavy atom. The third-order valence-electron chi connectivity index (χ3n) is 3.47. The quantitative estimate of drug-likeness (QED) is 0.767. The van der Waals surface area contributed by atoms with E-state index in [0.29, 0.717) is 5.56 Å². The molecule has 0 aliphatic carbocycles. The van der Waals surface area contributed by atoms with Gasteiger partial charge in [-0.15, -0.1) is 11.3 Å². The second-order valence-corrected chi connectivity index (χ2v) is 6.77. The number of carbonyl (C=O) groups excluding carboxylic acids is 1. The highest BCUT2D eigenvalue weighted by Gasteiger charge is 2.09. The van der Waals surface area contributed by atoms with Gasteiger partial charge in [0.1, 0.15) is 0 Å². The highest BCUT2D eigenvalue weighted by atomic mass is 32.1. The molecule has 3 rings (SSSR count). The van der Waals surface area contributed by atoms with Crippen LogP contribution >= 0.6 is 11.3 Å². The number of benzene rings is 1. The normalized spacial score (nSPS) is 10.8. The van der Waals surface area contributed by atoms with E-state index in [4.69, 9.17) is 0 Å². The SMILES string of the molecule is CC(C)NC(=O)c1ccc(-c2csc(Cc3ccccn3)n2)cc1. The van der Waals surface area contributed by atoms with Gasteiger partial charge in [-0.1, -0.05) is 18.2 Å². The molecule has 1 amide bonds. The predicted octanol–water partition coefficient (Wildman–Crippen LogP) is 3.93. The van der Waals surface area contributed by atoms with Gasteiger partial charge in [-0.25, -0.2) is 4.98 Å². The molecule has 0 aliphatic heterocycles. The number of hydrogen-bond donors (Lipinski definition) is 1. The van der Waals surface area contributed by atoms with Crippen LogP contribution in [0.1, 0.15) is 34.9 Å². The van der Waals surface area contributed by atoms with Crippen LogP contribution in [0.5, 0.6) is 0 Å². The lowest BCUT2D eigenvalue weighted by Crippen LogP contribution is -2.29. The first-order valence-corrected chi connectivity index (χ1v) is 8.75. The summed E-state index contributed by atoms with van der Waals surface area (Å²) in [6.07, 6.45) is 2.53. The van der Waals surface area contributed by atoms with Crippen LogP contribution in [-0.4, -0.2) is 21.9 Å². The second kappa shape index (κ2) is 7.36. The van der Waals surface area contributed by atoms with E-state index in [1.54, 1.807) is 17.5 Å². The van der Waals surface area contributed by atoms with Crippen molar-refractivity contribution < 1.29 is 4.79 Å². The largest absolute Gasteiger partial charge is 0.350 e. The Kier molecular flexibility index (Phi) is 5.01. The smallest absolute Gasteiger partial charge is 0.251 e. The lowest BCUT2D eigenvalue weighted by atomic mass is 10.1. The monoisotopic (exact) mass is 337 g/mol. The molecule has 0 radical (unpaired) electrons. The van der Waals surface area contributed by atoms with Crippen molar-refractivity contribution in [2.75, 3.05) is 0 Å². The average Bonchev–Trinajstić information content (AvgIpc) is 3.04. The van der Waals surface area contributed by atoms with E-state index in [2.05, 4.69) is 15.3 Å². The summed E-state index contributed by atoms with van der Waals surface area (Å²) >= 11 is 1.63. The number of pyridine rings is 1. The standard InChI is InChI=1S/C19H19N3OS/c1-13(2)21-19(23)15-8-6-14(7-9-15)17-12-24-18(22-17)11-16-5-3-4-10-20-16/h3-10,12-13H,11H2,1-2H3,(H,21,23). The van der Waals surface area contributed by atoms with Gasteiger partial charge in [-0.05, 0) is 38.1 Å². The predicted molar refractivity (Wildman–Crippen MR) is 97.2 cm³/mol. The Balaban J connectivity index is 1.72. The van der Waals surface area contributed by atoms with E-state index in [-0.39, 0.29) is 11.9 Å². The molecule has 1 aromatic carbocycles. The summed E-state index contributed by atoms with van der Waals surface area (Å²) in [5, 5.41) is 5.97. The zero-order valence-electron chi connectivity index (χ0n) is 13.7. The topological polar surface area (TPSA) is 54.9 Å². The Bertz CT molecular complexity index is 810. The van der Waals surface area contributed by atoms with Crippen molar-refractivity contribution in [2.45, 2.75) is 26.3 Å². The summed E-state index contributed by atoms with van der Waals surface area (Å²) in [6, 6.07) is 13.6. The van der Waals surface area contributed by atoms with E-state index in [1.165, 1.54) is 0 Å². The summed E-state index contributed by atoms with van der Waals surface area (Å²) in [5.41, 5.74) is 3.62. The summed E-state index contributed by atoms with van der Waals surface area (Å²) in [5.74, 6) is -0.0503. The fourth-order valence-electron chi connectivity index (χ4n) is 2.32. The first kappa shape index (κ1) is 16.3. The van der Waals surface area contributed by atoms with Gasteiger partial charge in [0.05, 0.1) is 10.7 Å². The van der Waals surface area contributed by atoms with Gasteiger partial charge in [0, 0.05) is 40.9 Å². The van der Waals surface area contributed by atoms with Gasteiger partial charge in [-0.2, -0.15) is 0 Å². The molecule has 0 spiro atoms. The van der Waals surface area contributed by atoms with Crippen LogP contribution in [0.2, 0.25) is 0 Å². The minimum atomic E-state index is -0.0503. The van der Waals surface area contributed by atoms with Crippen LogP contribution in [-0.2, 0) is 6.42 Å². The van der Waals surface area contributed by atoms with Crippen LogP contribution < -0.4 is 5.32 Å². The van der Waals surface area contributed by atoms with E-state index in [9.17, 15) is 4.79 Å². The molecule has 0 saturated heterocycles. The van der Waals surface area contributed by atoms with Gasteiger partial charge in [0.25, 0.3) is 5.91 Å². The third kappa shape index (κ3) is 4.06. The maximum atomic E-state index is 12.0. The Morgan fingerprint density at radius 2 is 1.96 bits per heavy atom. The molecular weight excluding hydrogens is 318 g/mol. The molecule has 4 nitrogen and oxygen atoms in total. The van der Waals surface area contributed by atoms with Crippen molar-refractivity contribution in [3.63, 3.8) is 0 Å². The van der Waals surface area contributed by atoms with E-state index in [0.717, 1.165) is 28.4 Å². The van der Waals surface area contributed by atoms with Crippen LogP contribution in [0.15, 0.2) is 54.0 Å². The van der Waals surface area contributed by atoms with Gasteiger partial charge >= 0.3 is 0 Å². The summed E-state index contributed by atoms with van der Waals surface area (Å²) in [6.45, 7) is 3.90. The minimum absolute atomic E-state index is 0.0503. The van der Waals surface area contributed by atoms with E-state index < -0.39 is 0 Å². The van der Waals surface area contributed by atoms with Crippen LogP contribution in [0.3, 0.4) is 0 Å². The number of rotatable bonds is 5. The number of aromatic nitrogens is 2. The number of amides is 1. The first-order valence-electron chi connectivity index (χ1n) is 7.87. The molecule has 0 bridgehead atoms. The molecule has 3 aromatic rings.